The first-order valence-corrected chi connectivity index (χ1v) is 4.87. The molecule has 2 nitrogen and oxygen atoms in total. The van der Waals surface area contributed by atoms with E-state index in [1.807, 2.05) is 0 Å². The molecule has 1 saturated heterocycles. The zero-order chi connectivity index (χ0) is 12.5. The van der Waals surface area contributed by atoms with Crippen molar-refractivity contribution in [3.05, 3.63) is 11.6 Å². The van der Waals surface area contributed by atoms with Gasteiger partial charge in [-0.2, -0.15) is 0 Å². The molecule has 1 aliphatic carbocycles. The number of hydrogen-bond acceptors (Lipinski definition) is 2. The van der Waals surface area contributed by atoms with Crippen LogP contribution < -0.4 is 0 Å². The minimum atomic E-state index is -1.51. The molecule has 0 aromatic heterocycles. The molecule has 1 fully saturated rings. The molecular weight excluding hydrogens is 162 g/mol. The maximum absolute atomic E-state index is 7.77. The van der Waals surface area contributed by atoms with Crippen LogP contribution in [0.3, 0.4) is 0 Å². The summed E-state index contributed by atoms with van der Waals surface area (Å²) in [5, 5.41) is 0. The predicted octanol–water partition coefficient (Wildman–Crippen LogP) is 1.82. The van der Waals surface area contributed by atoms with Gasteiger partial charge in [-0.1, -0.05) is 11.6 Å². The SMILES string of the molecule is [2H]C1([2H])C=C(CN2CCOCC2)CC([2H])([2H])C1. The second-order valence-electron chi connectivity index (χ2n) is 3.50. The Balaban J connectivity index is 2.01. The maximum atomic E-state index is 7.77. The lowest BCUT2D eigenvalue weighted by Crippen LogP contribution is -2.37. The van der Waals surface area contributed by atoms with Crippen LogP contribution in [0, 0.1) is 0 Å². The normalized spacial score (nSPS) is 38.0. The summed E-state index contributed by atoms with van der Waals surface area (Å²) in [6.45, 7) is 3.80. The predicted molar refractivity (Wildman–Crippen MR) is 53.8 cm³/mol. The Morgan fingerprint density at radius 2 is 2.31 bits per heavy atom. The lowest BCUT2D eigenvalue weighted by Gasteiger charge is -2.28. The van der Waals surface area contributed by atoms with Gasteiger partial charge in [0.25, 0.3) is 0 Å². The zero-order valence-electron chi connectivity index (χ0n) is 11.9. The second-order valence-corrected chi connectivity index (χ2v) is 3.50. The Morgan fingerprint density at radius 1 is 1.46 bits per heavy atom. The Hall–Kier alpha value is -0.340. The Kier molecular flexibility index (Phi) is 2.03. The largest absolute Gasteiger partial charge is 0.379 e. The van der Waals surface area contributed by atoms with E-state index >= 15 is 0 Å². The number of nitrogens with zero attached hydrogens (tertiary/aromatic N) is 1. The summed E-state index contributed by atoms with van der Waals surface area (Å²) in [4.78, 5) is 2.20. The fourth-order valence-corrected chi connectivity index (χ4v) is 1.69. The van der Waals surface area contributed by atoms with Crippen molar-refractivity contribution in [2.24, 2.45) is 0 Å². The summed E-state index contributed by atoms with van der Waals surface area (Å²) in [7, 11) is 0. The van der Waals surface area contributed by atoms with Gasteiger partial charge < -0.3 is 4.74 Å². The third-order valence-corrected chi connectivity index (χ3v) is 2.42. The molecule has 0 radical (unpaired) electrons. The highest BCUT2D eigenvalue weighted by atomic mass is 16.5. The number of morpholine rings is 1. The van der Waals surface area contributed by atoms with Crippen molar-refractivity contribution in [1.82, 2.24) is 4.90 Å². The van der Waals surface area contributed by atoms with E-state index < -0.39 is 12.7 Å². The van der Waals surface area contributed by atoms with Crippen LogP contribution in [0.5, 0.6) is 0 Å². The Morgan fingerprint density at radius 3 is 3.08 bits per heavy atom. The van der Waals surface area contributed by atoms with Gasteiger partial charge in [0.05, 0.1) is 13.2 Å². The van der Waals surface area contributed by atoms with Gasteiger partial charge in [0.2, 0.25) is 0 Å². The summed E-state index contributed by atoms with van der Waals surface area (Å²) in [6.07, 6.45) is -0.997. The van der Waals surface area contributed by atoms with Crippen molar-refractivity contribution < 1.29 is 10.2 Å². The highest BCUT2D eigenvalue weighted by Gasteiger charge is 2.12. The lowest BCUT2D eigenvalue weighted by atomic mass is 9.99. The van der Waals surface area contributed by atoms with Crippen LogP contribution in [0.1, 0.15) is 31.1 Å². The standard InChI is InChI=1S/C11H19NO/c1-2-4-11(5-3-1)10-12-6-8-13-9-7-12/h4H,1-3,5-10H2/i2D2,3D2. The molecule has 0 amide bonds. The number of allylic oxidation sites excluding steroid dienone is 1. The van der Waals surface area contributed by atoms with E-state index in [4.69, 9.17) is 10.2 Å². The van der Waals surface area contributed by atoms with E-state index in [0.29, 0.717) is 26.2 Å². The van der Waals surface area contributed by atoms with Crippen molar-refractivity contribution in [2.45, 2.75) is 25.6 Å². The van der Waals surface area contributed by atoms with E-state index in [1.165, 1.54) is 0 Å². The quantitative estimate of drug-likeness (QED) is 0.608. The van der Waals surface area contributed by atoms with Crippen LogP contribution in [0.2, 0.25) is 0 Å². The van der Waals surface area contributed by atoms with Crippen molar-refractivity contribution in [1.29, 1.82) is 0 Å². The fourth-order valence-electron chi connectivity index (χ4n) is 1.69. The van der Waals surface area contributed by atoms with Gasteiger partial charge in [0, 0.05) is 25.1 Å². The Bertz CT molecular complexity index is 311. The second kappa shape index (κ2) is 4.77. The zero-order valence-corrected chi connectivity index (χ0v) is 7.88. The van der Waals surface area contributed by atoms with Gasteiger partial charge >= 0.3 is 0 Å². The number of hydrogen-bond donors (Lipinski definition) is 0. The first-order valence-electron chi connectivity index (χ1n) is 6.87. The van der Waals surface area contributed by atoms with Crippen molar-refractivity contribution in [3.8, 4) is 0 Å². The van der Waals surface area contributed by atoms with E-state index in [9.17, 15) is 0 Å². The van der Waals surface area contributed by atoms with E-state index in [2.05, 4.69) is 4.90 Å². The van der Waals surface area contributed by atoms with Crippen molar-refractivity contribution in [3.63, 3.8) is 0 Å². The smallest absolute Gasteiger partial charge is 0.0594 e. The maximum Gasteiger partial charge on any atom is 0.0594 e. The molecule has 0 aromatic rings. The van der Waals surface area contributed by atoms with Gasteiger partial charge in [0.15, 0.2) is 0 Å². The van der Waals surface area contributed by atoms with Crippen molar-refractivity contribution in [2.75, 3.05) is 32.8 Å². The third kappa shape index (κ3) is 2.82. The molecule has 2 rings (SSSR count). The van der Waals surface area contributed by atoms with Crippen LogP contribution >= 0.6 is 0 Å². The molecule has 0 bridgehead atoms. The van der Waals surface area contributed by atoms with Gasteiger partial charge in [-0.15, -0.1) is 0 Å². The molecule has 74 valence electrons. The highest BCUT2D eigenvalue weighted by molar-refractivity contribution is 5.07. The Labute approximate surface area is 86.2 Å². The minimum Gasteiger partial charge on any atom is -0.379 e. The van der Waals surface area contributed by atoms with Crippen LogP contribution in [0.25, 0.3) is 0 Å². The summed E-state index contributed by atoms with van der Waals surface area (Å²) >= 11 is 0. The molecule has 0 spiro atoms. The minimum absolute atomic E-state index is 0.0351. The van der Waals surface area contributed by atoms with Gasteiger partial charge in [0.1, 0.15) is 0 Å². The molecule has 0 N–H and O–H groups in total. The molecule has 0 aromatic carbocycles. The van der Waals surface area contributed by atoms with Crippen LogP contribution in [0.4, 0.5) is 0 Å². The van der Waals surface area contributed by atoms with Crippen molar-refractivity contribution >= 4 is 0 Å². The molecule has 13 heavy (non-hydrogen) atoms. The van der Waals surface area contributed by atoms with Crippen LogP contribution in [-0.2, 0) is 4.74 Å². The van der Waals surface area contributed by atoms with E-state index in [0.717, 1.165) is 18.7 Å². The highest BCUT2D eigenvalue weighted by Crippen LogP contribution is 2.18. The molecular formula is C11H19NO. The molecule has 0 saturated carbocycles. The molecule has 1 aliphatic heterocycles. The number of rotatable bonds is 2. The first kappa shape index (κ1) is 5.52. The van der Waals surface area contributed by atoms with Gasteiger partial charge in [-0.05, 0) is 25.6 Å². The fraction of sp³-hybridized carbons (Fsp3) is 0.818. The number of ether oxygens (including phenoxy) is 1. The van der Waals surface area contributed by atoms with Gasteiger partial charge in [-0.25, -0.2) is 0 Å². The van der Waals surface area contributed by atoms with Crippen LogP contribution in [0.15, 0.2) is 11.6 Å². The summed E-state index contributed by atoms with van der Waals surface area (Å²) in [6, 6.07) is 0. The summed E-state index contributed by atoms with van der Waals surface area (Å²) < 4.78 is 36.3. The molecule has 0 unspecified atom stereocenters. The third-order valence-electron chi connectivity index (χ3n) is 2.42. The van der Waals surface area contributed by atoms with Gasteiger partial charge in [-0.3, -0.25) is 4.90 Å². The summed E-state index contributed by atoms with van der Waals surface area (Å²) in [5.74, 6) is 0. The molecule has 1 heterocycles. The average molecular weight is 185 g/mol. The monoisotopic (exact) mass is 185 g/mol. The molecule has 0 atom stereocenters. The topological polar surface area (TPSA) is 12.5 Å². The molecule has 2 heteroatoms. The average Bonchev–Trinajstić information content (AvgIpc) is 2.13. The van der Waals surface area contributed by atoms with Crippen LogP contribution in [-0.4, -0.2) is 37.7 Å². The lowest BCUT2D eigenvalue weighted by molar-refractivity contribution is 0.0418. The molecule has 2 aliphatic rings. The van der Waals surface area contributed by atoms with E-state index in [1.54, 1.807) is 6.08 Å². The first-order chi connectivity index (χ1) is 7.86. The summed E-state index contributed by atoms with van der Waals surface area (Å²) in [5.41, 5.74) is 0.883. The van der Waals surface area contributed by atoms with E-state index in [-0.39, 0.29) is 6.42 Å².